The van der Waals surface area contributed by atoms with Crippen LogP contribution >= 0.6 is 12.2 Å². The molecule has 1 rings (SSSR count). The van der Waals surface area contributed by atoms with Crippen molar-refractivity contribution in [1.29, 1.82) is 0 Å². The highest BCUT2D eigenvalue weighted by Crippen LogP contribution is 2.17. The highest BCUT2D eigenvalue weighted by molar-refractivity contribution is 7.80. The fraction of sp³-hybridized carbons (Fsp3) is 0.273. The number of carbonyl (C=O) groups excluding carboxylic acids is 1. The Balaban J connectivity index is 2.83. The first-order chi connectivity index (χ1) is 7.95. The van der Waals surface area contributed by atoms with Crippen LogP contribution in [0.3, 0.4) is 0 Å². The molecule has 6 heteroatoms. The summed E-state index contributed by atoms with van der Waals surface area (Å²) in [5.74, 6) is -0.945. The zero-order valence-corrected chi connectivity index (χ0v) is 10.3. The summed E-state index contributed by atoms with van der Waals surface area (Å²) in [7, 11) is 1.35. The number of halogens is 1. The Hall–Kier alpha value is -1.69. The molecule has 0 aliphatic rings. The molecular formula is C11H13FN2O2S. The molecule has 0 aromatic heterocycles. The van der Waals surface area contributed by atoms with Crippen molar-refractivity contribution in [3.63, 3.8) is 0 Å². The van der Waals surface area contributed by atoms with Crippen molar-refractivity contribution in [1.82, 2.24) is 5.32 Å². The molecule has 92 valence electrons. The Kier molecular flexibility index (Phi) is 4.39. The van der Waals surface area contributed by atoms with E-state index in [2.05, 4.69) is 5.32 Å². The van der Waals surface area contributed by atoms with Gasteiger partial charge in [-0.15, -0.1) is 0 Å². The number of methoxy groups -OCH3 is 1. The van der Waals surface area contributed by atoms with Crippen LogP contribution in [0.15, 0.2) is 18.2 Å². The summed E-state index contributed by atoms with van der Waals surface area (Å²) in [6, 6.07) is 3.50. The minimum Gasteiger partial charge on any atom is -0.494 e. The van der Waals surface area contributed by atoms with Gasteiger partial charge in [0.1, 0.15) is 0 Å². The molecule has 0 heterocycles. The number of carbonyl (C=O) groups is 1. The second-order valence-electron chi connectivity index (χ2n) is 3.45. The lowest BCUT2D eigenvalue weighted by Crippen LogP contribution is -2.41. The summed E-state index contributed by atoms with van der Waals surface area (Å²) in [6.45, 7) is 1.65. The van der Waals surface area contributed by atoms with Crippen molar-refractivity contribution in [3.8, 4) is 5.75 Å². The molecule has 0 fully saturated rings. The van der Waals surface area contributed by atoms with Crippen molar-refractivity contribution >= 4 is 23.1 Å². The van der Waals surface area contributed by atoms with Crippen molar-refractivity contribution in [2.75, 3.05) is 7.11 Å². The summed E-state index contributed by atoms with van der Waals surface area (Å²) in [5.41, 5.74) is 5.55. The van der Waals surface area contributed by atoms with E-state index in [0.29, 0.717) is 0 Å². The molecule has 0 saturated heterocycles. The number of nitrogens with one attached hydrogen (secondary N) is 1. The lowest BCUT2D eigenvalue weighted by Gasteiger charge is -2.12. The summed E-state index contributed by atoms with van der Waals surface area (Å²) >= 11 is 4.72. The Labute approximate surface area is 104 Å². The number of benzene rings is 1. The predicted molar refractivity (Wildman–Crippen MR) is 66.7 cm³/mol. The van der Waals surface area contributed by atoms with Crippen LogP contribution in [0.4, 0.5) is 4.39 Å². The maximum absolute atomic E-state index is 13.4. The van der Waals surface area contributed by atoms with Crippen LogP contribution in [0.25, 0.3) is 0 Å². The van der Waals surface area contributed by atoms with Gasteiger partial charge in [-0.25, -0.2) is 4.39 Å². The molecule has 0 aliphatic carbocycles. The number of thiocarbonyl (C=S) groups is 1. The van der Waals surface area contributed by atoms with E-state index >= 15 is 0 Å². The van der Waals surface area contributed by atoms with Gasteiger partial charge >= 0.3 is 0 Å². The normalized spacial score (nSPS) is 11.7. The van der Waals surface area contributed by atoms with Crippen LogP contribution in [0.2, 0.25) is 0 Å². The van der Waals surface area contributed by atoms with Crippen LogP contribution in [0.5, 0.6) is 5.75 Å². The Morgan fingerprint density at radius 1 is 1.59 bits per heavy atom. The zero-order chi connectivity index (χ0) is 13.0. The molecule has 1 aromatic rings. The van der Waals surface area contributed by atoms with Crippen molar-refractivity contribution in [2.45, 2.75) is 13.0 Å². The Bertz CT molecular complexity index is 451. The van der Waals surface area contributed by atoms with Crippen LogP contribution < -0.4 is 15.8 Å². The van der Waals surface area contributed by atoms with E-state index in [1.807, 2.05) is 0 Å². The molecule has 1 atom stereocenters. The molecular weight excluding hydrogens is 243 g/mol. The highest BCUT2D eigenvalue weighted by atomic mass is 32.1. The standard InChI is InChI=1S/C11H13FN2O2S/c1-6(10(13)17)14-11(15)7-3-4-9(16-2)8(12)5-7/h3-6H,1-2H3,(H2,13,17)(H,14,15). The van der Waals surface area contributed by atoms with Gasteiger partial charge < -0.3 is 15.8 Å². The maximum atomic E-state index is 13.4. The van der Waals surface area contributed by atoms with E-state index in [4.69, 9.17) is 22.7 Å². The van der Waals surface area contributed by atoms with Gasteiger partial charge in [-0.3, -0.25) is 4.79 Å². The van der Waals surface area contributed by atoms with Crippen LogP contribution in [-0.2, 0) is 0 Å². The average molecular weight is 256 g/mol. The second-order valence-corrected chi connectivity index (χ2v) is 3.92. The molecule has 1 amide bonds. The second kappa shape index (κ2) is 5.58. The van der Waals surface area contributed by atoms with Crippen molar-refractivity contribution < 1.29 is 13.9 Å². The first kappa shape index (κ1) is 13.4. The zero-order valence-electron chi connectivity index (χ0n) is 9.49. The third-order valence-electron chi connectivity index (χ3n) is 2.19. The first-order valence-electron chi connectivity index (χ1n) is 4.89. The topological polar surface area (TPSA) is 64.3 Å². The van der Waals surface area contributed by atoms with Gasteiger partial charge in [-0.1, -0.05) is 12.2 Å². The van der Waals surface area contributed by atoms with Crippen LogP contribution in [-0.4, -0.2) is 24.0 Å². The first-order valence-corrected chi connectivity index (χ1v) is 5.30. The SMILES string of the molecule is COc1ccc(C(=O)NC(C)C(N)=S)cc1F. The van der Waals surface area contributed by atoms with Gasteiger partial charge in [0.05, 0.1) is 18.1 Å². The smallest absolute Gasteiger partial charge is 0.251 e. The number of hydrogen-bond donors (Lipinski definition) is 2. The van der Waals surface area contributed by atoms with Gasteiger partial charge in [0.2, 0.25) is 0 Å². The van der Waals surface area contributed by atoms with E-state index in [-0.39, 0.29) is 16.3 Å². The molecule has 0 bridgehead atoms. The predicted octanol–water partition coefficient (Wildman–Crippen LogP) is 1.24. The summed E-state index contributed by atoms with van der Waals surface area (Å²) in [6.07, 6.45) is 0. The minimum absolute atomic E-state index is 0.0870. The molecule has 0 saturated carbocycles. The third-order valence-corrected chi connectivity index (χ3v) is 2.54. The quantitative estimate of drug-likeness (QED) is 0.795. The number of hydrogen-bond acceptors (Lipinski definition) is 3. The van der Waals surface area contributed by atoms with Gasteiger partial charge in [0.25, 0.3) is 5.91 Å². The van der Waals surface area contributed by atoms with Gasteiger partial charge in [0.15, 0.2) is 11.6 Å². The number of amides is 1. The summed E-state index contributed by atoms with van der Waals surface area (Å²) < 4.78 is 18.1. The number of nitrogens with two attached hydrogens (primary N) is 1. The van der Waals surface area contributed by atoms with E-state index in [9.17, 15) is 9.18 Å². The molecule has 1 aromatic carbocycles. The number of rotatable bonds is 4. The molecule has 0 aliphatic heterocycles. The lowest BCUT2D eigenvalue weighted by molar-refractivity contribution is 0.0949. The van der Waals surface area contributed by atoms with E-state index in [1.54, 1.807) is 6.92 Å². The van der Waals surface area contributed by atoms with E-state index in [1.165, 1.54) is 19.2 Å². The van der Waals surface area contributed by atoms with Gasteiger partial charge in [-0.2, -0.15) is 0 Å². The van der Waals surface area contributed by atoms with Crippen LogP contribution in [0.1, 0.15) is 17.3 Å². The summed E-state index contributed by atoms with van der Waals surface area (Å²) in [4.78, 5) is 11.9. The van der Waals surface area contributed by atoms with Gasteiger partial charge in [-0.05, 0) is 25.1 Å². The molecule has 4 nitrogen and oxygen atoms in total. The molecule has 1 unspecified atom stereocenters. The minimum atomic E-state index is -0.594. The fourth-order valence-corrected chi connectivity index (χ4v) is 1.22. The lowest BCUT2D eigenvalue weighted by atomic mass is 10.2. The average Bonchev–Trinajstić information content (AvgIpc) is 2.28. The largest absolute Gasteiger partial charge is 0.494 e. The van der Waals surface area contributed by atoms with E-state index in [0.717, 1.165) is 6.07 Å². The fourth-order valence-electron chi connectivity index (χ4n) is 1.16. The Morgan fingerprint density at radius 2 is 2.24 bits per heavy atom. The number of ether oxygens (including phenoxy) is 1. The summed E-state index contributed by atoms with van der Waals surface area (Å²) in [5, 5.41) is 2.55. The van der Waals surface area contributed by atoms with E-state index < -0.39 is 17.8 Å². The van der Waals surface area contributed by atoms with Crippen molar-refractivity contribution in [3.05, 3.63) is 29.6 Å². The third kappa shape index (κ3) is 3.39. The molecule has 3 N–H and O–H groups in total. The molecule has 17 heavy (non-hydrogen) atoms. The Morgan fingerprint density at radius 3 is 2.71 bits per heavy atom. The van der Waals surface area contributed by atoms with Crippen LogP contribution in [0, 0.1) is 5.82 Å². The van der Waals surface area contributed by atoms with Crippen molar-refractivity contribution in [2.24, 2.45) is 5.73 Å². The highest BCUT2D eigenvalue weighted by Gasteiger charge is 2.13. The molecule has 0 spiro atoms. The monoisotopic (exact) mass is 256 g/mol. The van der Waals surface area contributed by atoms with Gasteiger partial charge in [0, 0.05) is 5.56 Å². The molecule has 0 radical (unpaired) electrons. The maximum Gasteiger partial charge on any atom is 0.251 e.